The SMILES string of the molecule is CC(=O)OC1C[N+]2(Cc3noc(-c4ccccc4)n3)CCC1CC2.O=C([O-])C(F)(F)F.c1ccc(CNc2ccccc2)cc1. The normalized spacial score (nSPS) is 20.1. The molecule has 7 rings (SSSR count). The summed E-state index contributed by atoms with van der Waals surface area (Å²) in [6.45, 7) is 6.16. The molecule has 0 spiro atoms. The molecule has 4 aromatic rings. The van der Waals surface area contributed by atoms with E-state index in [2.05, 4.69) is 51.9 Å². The summed E-state index contributed by atoms with van der Waals surface area (Å²) < 4.78 is 43.4. The van der Waals surface area contributed by atoms with E-state index in [-0.39, 0.29) is 12.1 Å². The van der Waals surface area contributed by atoms with E-state index in [1.807, 2.05) is 54.6 Å². The van der Waals surface area contributed by atoms with E-state index in [4.69, 9.17) is 19.2 Å². The zero-order valence-electron chi connectivity index (χ0n) is 24.8. The van der Waals surface area contributed by atoms with Gasteiger partial charge in [-0.3, -0.25) is 4.79 Å². The van der Waals surface area contributed by atoms with Crippen molar-refractivity contribution in [2.45, 2.75) is 45.1 Å². The number of halogens is 3. The summed E-state index contributed by atoms with van der Waals surface area (Å²) in [5.41, 5.74) is 3.40. The summed E-state index contributed by atoms with van der Waals surface area (Å²) in [5, 5.41) is 16.3. The van der Waals surface area contributed by atoms with Gasteiger partial charge in [0.2, 0.25) is 5.82 Å². The van der Waals surface area contributed by atoms with Crippen LogP contribution in [0, 0.1) is 5.92 Å². The monoisotopic (exact) mass is 624 g/mol. The van der Waals surface area contributed by atoms with Gasteiger partial charge in [-0.25, -0.2) is 0 Å². The number of esters is 1. The first-order valence-corrected chi connectivity index (χ1v) is 14.5. The lowest BCUT2D eigenvalue weighted by Crippen LogP contribution is -2.63. The molecule has 0 aliphatic carbocycles. The third-order valence-electron chi connectivity index (χ3n) is 7.67. The first-order chi connectivity index (χ1) is 21.5. The van der Waals surface area contributed by atoms with Crippen molar-refractivity contribution in [3.05, 3.63) is 102 Å². The predicted molar refractivity (Wildman–Crippen MR) is 158 cm³/mol. The quantitative estimate of drug-likeness (QED) is 0.226. The molecule has 1 aromatic heterocycles. The van der Waals surface area contributed by atoms with E-state index in [0.29, 0.717) is 11.8 Å². The van der Waals surface area contributed by atoms with E-state index in [9.17, 15) is 18.0 Å². The number of ether oxygens (including phenoxy) is 1. The van der Waals surface area contributed by atoms with Crippen LogP contribution in [0.1, 0.15) is 31.2 Å². The number of fused-ring (bicyclic) bond motifs is 3. The Balaban J connectivity index is 0.000000185. The summed E-state index contributed by atoms with van der Waals surface area (Å²) in [4.78, 5) is 24.7. The second-order valence-corrected chi connectivity index (χ2v) is 11.0. The maximum absolute atomic E-state index is 11.3. The first kappa shape index (κ1) is 33.2. The molecule has 1 atom stereocenters. The highest BCUT2D eigenvalue weighted by atomic mass is 19.4. The zero-order chi connectivity index (χ0) is 32.3. The molecule has 2 bridgehead atoms. The molecule has 3 aliphatic rings. The molecule has 0 radical (unpaired) electrons. The van der Waals surface area contributed by atoms with E-state index in [1.54, 1.807) is 0 Å². The van der Waals surface area contributed by atoms with Crippen LogP contribution >= 0.6 is 0 Å². The zero-order valence-corrected chi connectivity index (χ0v) is 24.8. The first-order valence-electron chi connectivity index (χ1n) is 14.5. The highest BCUT2D eigenvalue weighted by molar-refractivity contribution is 5.70. The maximum Gasteiger partial charge on any atom is 0.430 e. The number of quaternary nitrogens is 1. The van der Waals surface area contributed by atoms with Gasteiger partial charge in [0.1, 0.15) is 19.1 Å². The number of hydrogen-bond acceptors (Lipinski definition) is 8. The van der Waals surface area contributed by atoms with Crippen LogP contribution in [0.15, 0.2) is 95.5 Å². The molecule has 12 heteroatoms. The number of aromatic nitrogens is 2. The van der Waals surface area contributed by atoms with Crippen molar-refractivity contribution in [3.63, 3.8) is 0 Å². The number of anilines is 1. The average molecular weight is 625 g/mol. The third-order valence-corrected chi connectivity index (χ3v) is 7.67. The van der Waals surface area contributed by atoms with Crippen LogP contribution in [0.4, 0.5) is 18.9 Å². The molecule has 3 aliphatic heterocycles. The summed E-state index contributed by atoms with van der Waals surface area (Å²) in [6.07, 6.45) is -2.96. The van der Waals surface area contributed by atoms with Gasteiger partial charge in [0.25, 0.3) is 5.89 Å². The molecular weight excluding hydrogens is 589 g/mol. The predicted octanol–water partition coefficient (Wildman–Crippen LogP) is 5.01. The molecule has 4 heterocycles. The van der Waals surface area contributed by atoms with E-state index in [0.717, 1.165) is 67.1 Å². The minimum Gasteiger partial charge on any atom is -0.542 e. The molecule has 0 amide bonds. The number of nitrogens with one attached hydrogen (secondary N) is 1. The Morgan fingerprint density at radius 1 is 0.956 bits per heavy atom. The number of carbonyl (C=O) groups excluding carboxylic acids is 2. The molecule has 238 valence electrons. The smallest absolute Gasteiger partial charge is 0.430 e. The van der Waals surface area contributed by atoms with Gasteiger partial charge in [-0.15, -0.1) is 0 Å². The van der Waals surface area contributed by atoms with Crippen molar-refractivity contribution in [1.29, 1.82) is 0 Å². The van der Waals surface area contributed by atoms with Gasteiger partial charge in [0, 0.05) is 43.5 Å². The highest BCUT2D eigenvalue weighted by Crippen LogP contribution is 2.37. The molecule has 1 N–H and O–H groups in total. The second-order valence-electron chi connectivity index (χ2n) is 11.0. The van der Waals surface area contributed by atoms with Crippen LogP contribution in [0.2, 0.25) is 0 Å². The number of carbonyl (C=O) groups is 2. The average Bonchev–Trinajstić information content (AvgIpc) is 3.50. The number of benzene rings is 3. The maximum atomic E-state index is 11.3. The number of nitrogens with zero attached hydrogens (tertiary/aromatic N) is 3. The fourth-order valence-electron chi connectivity index (χ4n) is 5.46. The van der Waals surface area contributed by atoms with Crippen LogP contribution in [-0.4, -0.2) is 58.5 Å². The molecule has 9 nitrogen and oxygen atoms in total. The van der Waals surface area contributed by atoms with Gasteiger partial charge < -0.3 is 29.0 Å². The van der Waals surface area contributed by atoms with Crippen molar-refractivity contribution in [2.24, 2.45) is 5.92 Å². The number of carboxylic acids is 1. The molecular formula is C33H35F3N4O5. The Labute approximate surface area is 259 Å². The molecule has 3 saturated heterocycles. The standard InChI is InChI=1S/C18H22N3O3.C13H13N.C2HF3O2/c1-13(22)23-16-11-21(9-7-14(16)8-10-21)12-17-19-18(24-20-17)15-5-3-2-4-6-15;1-3-7-12(8-4-1)11-14-13-9-5-2-6-10-13;3-2(4,5)1(6)7/h2-6,14,16H,7-12H2,1H3;1-10,14H,11H2;(H,6,7)/q+1;;/p-1. The number of aliphatic carboxylic acids is 1. The molecule has 3 fully saturated rings. The summed E-state index contributed by atoms with van der Waals surface area (Å²) in [5.74, 6) is -1.38. The van der Waals surface area contributed by atoms with Crippen molar-refractivity contribution < 1.29 is 41.6 Å². The van der Waals surface area contributed by atoms with Crippen LogP contribution in [0.3, 0.4) is 0 Å². The van der Waals surface area contributed by atoms with Gasteiger partial charge in [-0.1, -0.05) is 71.9 Å². The Hall–Kier alpha value is -4.71. The number of piperidine rings is 3. The summed E-state index contributed by atoms with van der Waals surface area (Å²) >= 11 is 0. The van der Waals surface area contributed by atoms with Crippen LogP contribution in [0.5, 0.6) is 0 Å². The lowest BCUT2D eigenvalue weighted by molar-refractivity contribution is -0.958. The van der Waals surface area contributed by atoms with Gasteiger partial charge in [-0.2, -0.15) is 18.2 Å². The Morgan fingerprint density at radius 2 is 1.51 bits per heavy atom. The van der Waals surface area contributed by atoms with E-state index in [1.165, 1.54) is 12.5 Å². The molecule has 1 unspecified atom stereocenters. The van der Waals surface area contributed by atoms with Gasteiger partial charge in [0.05, 0.1) is 13.1 Å². The Morgan fingerprint density at radius 3 is 2.07 bits per heavy atom. The highest BCUT2D eigenvalue weighted by Gasteiger charge is 2.48. The van der Waals surface area contributed by atoms with Crippen molar-refractivity contribution in [1.82, 2.24) is 10.1 Å². The molecule has 3 aromatic carbocycles. The fourth-order valence-corrected chi connectivity index (χ4v) is 5.46. The van der Waals surface area contributed by atoms with Crippen LogP contribution in [0.25, 0.3) is 11.5 Å². The van der Waals surface area contributed by atoms with Crippen LogP contribution < -0.4 is 10.4 Å². The van der Waals surface area contributed by atoms with E-state index < -0.39 is 12.1 Å². The van der Waals surface area contributed by atoms with Gasteiger partial charge in [0.15, 0.2) is 6.10 Å². The molecule has 45 heavy (non-hydrogen) atoms. The minimum absolute atomic E-state index is 0.0329. The Bertz CT molecular complexity index is 1450. The lowest BCUT2D eigenvalue weighted by atomic mass is 9.83. The summed E-state index contributed by atoms with van der Waals surface area (Å²) in [7, 11) is 0. The number of hydrogen-bond donors (Lipinski definition) is 1. The molecule has 0 saturated carbocycles. The van der Waals surface area contributed by atoms with Gasteiger partial charge >= 0.3 is 12.1 Å². The number of alkyl halides is 3. The third kappa shape index (κ3) is 10.2. The topological polar surface area (TPSA) is 117 Å². The minimum atomic E-state index is -5.19. The fraction of sp³-hybridized carbons (Fsp3) is 0.333. The van der Waals surface area contributed by atoms with E-state index >= 15 is 0 Å². The number of para-hydroxylation sites is 1. The van der Waals surface area contributed by atoms with Crippen molar-refractivity contribution in [3.8, 4) is 11.5 Å². The summed E-state index contributed by atoms with van der Waals surface area (Å²) in [6, 6.07) is 30.4. The van der Waals surface area contributed by atoms with Crippen molar-refractivity contribution in [2.75, 3.05) is 25.0 Å². The van der Waals surface area contributed by atoms with Gasteiger partial charge in [-0.05, 0) is 29.8 Å². The van der Waals surface area contributed by atoms with Crippen molar-refractivity contribution >= 4 is 17.6 Å². The Kier molecular flexibility index (Phi) is 11.3. The number of carboxylic acid groups (broad SMARTS) is 1. The lowest BCUT2D eigenvalue weighted by Gasteiger charge is -2.51. The largest absolute Gasteiger partial charge is 0.542 e. The van der Waals surface area contributed by atoms with Crippen LogP contribution in [-0.2, 0) is 27.4 Å². The number of rotatable bonds is 7. The second kappa shape index (κ2) is 15.3.